The topological polar surface area (TPSA) is 80.4 Å². The van der Waals surface area contributed by atoms with Crippen molar-refractivity contribution >= 4 is 48.4 Å². The summed E-state index contributed by atoms with van der Waals surface area (Å²) in [6.07, 6.45) is 0. The molecule has 0 saturated carbocycles. The summed E-state index contributed by atoms with van der Waals surface area (Å²) in [5.74, 6) is 1.04. The van der Waals surface area contributed by atoms with E-state index < -0.39 is 10.1 Å². The number of H-pyrrole nitrogens is 1. The van der Waals surface area contributed by atoms with E-state index in [0.717, 1.165) is 44.2 Å². The number of fused-ring (bicyclic) bond motifs is 4. The quantitative estimate of drug-likeness (QED) is 0.344. The van der Waals surface area contributed by atoms with E-state index in [9.17, 15) is 8.42 Å². The summed E-state index contributed by atoms with van der Waals surface area (Å²) in [5, 5.41) is 6.55. The number of methoxy groups -OCH3 is 1. The minimum Gasteiger partial charge on any atom is -0.497 e. The maximum Gasteiger partial charge on any atom is 0.339 e. The van der Waals surface area contributed by atoms with Gasteiger partial charge in [0.1, 0.15) is 16.4 Å². The SMILES string of the molecule is CNc1cccc2c(S(=O)(=O)Oc3ccc4c([nH]c5cc(OC)ccc54)c3C)cccc12. The van der Waals surface area contributed by atoms with Crippen LogP contribution in [-0.4, -0.2) is 27.6 Å². The lowest BCUT2D eigenvalue weighted by molar-refractivity contribution is 0.415. The average Bonchev–Trinajstić information content (AvgIpc) is 3.18. The zero-order chi connectivity index (χ0) is 22.5. The van der Waals surface area contributed by atoms with E-state index in [1.807, 2.05) is 49.4 Å². The fraction of sp³-hybridized carbons (Fsp3) is 0.120. The molecule has 1 aromatic heterocycles. The number of ether oxygens (including phenoxy) is 1. The maximum atomic E-state index is 13.3. The molecule has 0 aliphatic heterocycles. The van der Waals surface area contributed by atoms with Gasteiger partial charge in [-0.2, -0.15) is 8.42 Å². The molecule has 0 saturated heterocycles. The van der Waals surface area contributed by atoms with Crippen LogP contribution in [-0.2, 0) is 10.1 Å². The molecule has 5 aromatic rings. The number of aryl methyl sites for hydroxylation is 1. The number of benzene rings is 4. The number of nitrogens with one attached hydrogen (secondary N) is 2. The van der Waals surface area contributed by atoms with E-state index in [-0.39, 0.29) is 10.6 Å². The first kappa shape index (κ1) is 20.2. The second kappa shape index (κ2) is 7.46. The Labute approximate surface area is 185 Å². The second-order valence-corrected chi connectivity index (χ2v) is 9.11. The van der Waals surface area contributed by atoms with Crippen molar-refractivity contribution in [3.8, 4) is 11.5 Å². The lowest BCUT2D eigenvalue weighted by Gasteiger charge is -2.13. The Balaban J connectivity index is 1.62. The molecule has 0 fully saturated rings. The molecule has 0 atom stereocenters. The average molecular weight is 447 g/mol. The van der Waals surface area contributed by atoms with Crippen molar-refractivity contribution in [1.29, 1.82) is 0 Å². The number of hydrogen-bond donors (Lipinski definition) is 2. The molecular formula is C25H22N2O4S. The fourth-order valence-corrected chi connectivity index (χ4v) is 5.37. The van der Waals surface area contributed by atoms with Crippen molar-refractivity contribution < 1.29 is 17.3 Å². The Morgan fingerprint density at radius 3 is 2.41 bits per heavy atom. The molecule has 0 amide bonds. The molecule has 32 heavy (non-hydrogen) atoms. The second-order valence-electron chi connectivity index (χ2n) is 7.59. The molecule has 6 nitrogen and oxygen atoms in total. The van der Waals surface area contributed by atoms with Crippen LogP contribution < -0.4 is 14.2 Å². The largest absolute Gasteiger partial charge is 0.497 e. The molecule has 5 rings (SSSR count). The van der Waals surface area contributed by atoms with Gasteiger partial charge in [-0.05, 0) is 43.3 Å². The van der Waals surface area contributed by atoms with Crippen LogP contribution >= 0.6 is 0 Å². The van der Waals surface area contributed by atoms with Crippen LogP contribution in [0, 0.1) is 6.92 Å². The van der Waals surface area contributed by atoms with Crippen molar-refractivity contribution in [2.24, 2.45) is 0 Å². The summed E-state index contributed by atoms with van der Waals surface area (Å²) in [4.78, 5) is 3.50. The lowest BCUT2D eigenvalue weighted by Crippen LogP contribution is -2.11. The van der Waals surface area contributed by atoms with Crippen molar-refractivity contribution in [1.82, 2.24) is 4.98 Å². The molecule has 0 aliphatic rings. The van der Waals surface area contributed by atoms with Gasteiger partial charge in [-0.3, -0.25) is 0 Å². The van der Waals surface area contributed by atoms with E-state index in [1.54, 1.807) is 38.4 Å². The predicted octanol–water partition coefficient (Wildman–Crippen LogP) is 5.60. The molecule has 2 N–H and O–H groups in total. The highest BCUT2D eigenvalue weighted by atomic mass is 32.2. The van der Waals surface area contributed by atoms with Gasteiger partial charge in [-0.15, -0.1) is 0 Å². The lowest BCUT2D eigenvalue weighted by atomic mass is 10.1. The third-order valence-electron chi connectivity index (χ3n) is 5.81. The highest BCUT2D eigenvalue weighted by molar-refractivity contribution is 7.87. The number of hydrogen-bond acceptors (Lipinski definition) is 5. The van der Waals surface area contributed by atoms with Crippen LogP contribution in [0.2, 0.25) is 0 Å². The molecular weight excluding hydrogens is 424 g/mol. The van der Waals surface area contributed by atoms with E-state index >= 15 is 0 Å². The van der Waals surface area contributed by atoms with Gasteiger partial charge in [-0.1, -0.05) is 24.3 Å². The molecule has 0 aliphatic carbocycles. The van der Waals surface area contributed by atoms with Gasteiger partial charge in [0.25, 0.3) is 0 Å². The zero-order valence-corrected chi connectivity index (χ0v) is 18.7. The summed E-state index contributed by atoms with van der Waals surface area (Å²) < 4.78 is 37.5. The predicted molar refractivity (Wildman–Crippen MR) is 128 cm³/mol. The fourth-order valence-electron chi connectivity index (χ4n) is 4.17. The minimum atomic E-state index is -4.06. The normalized spacial score (nSPS) is 11.8. The van der Waals surface area contributed by atoms with E-state index in [1.165, 1.54) is 0 Å². The van der Waals surface area contributed by atoms with Gasteiger partial charge >= 0.3 is 10.1 Å². The van der Waals surface area contributed by atoms with Crippen molar-refractivity contribution in [2.75, 3.05) is 19.5 Å². The molecule has 4 aromatic carbocycles. The number of aromatic nitrogens is 1. The molecule has 162 valence electrons. The summed E-state index contributed by atoms with van der Waals surface area (Å²) in [6, 6.07) is 20.1. The molecule has 0 bridgehead atoms. The standard InChI is InChI=1S/C25H22N2O4S/c1-15-23(13-12-20-18-11-10-16(30-3)14-22(18)27-25(15)20)31-32(28,29)24-9-5-6-17-19(24)7-4-8-21(17)26-2/h4-14,26-27H,1-3H3. The summed E-state index contributed by atoms with van der Waals surface area (Å²) in [7, 11) is -0.628. The van der Waals surface area contributed by atoms with Gasteiger partial charge in [0.05, 0.1) is 18.1 Å². The summed E-state index contributed by atoms with van der Waals surface area (Å²) >= 11 is 0. The Hall–Kier alpha value is -3.71. The zero-order valence-electron chi connectivity index (χ0n) is 17.9. The smallest absolute Gasteiger partial charge is 0.339 e. The summed E-state index contributed by atoms with van der Waals surface area (Å²) in [6.45, 7) is 1.85. The maximum absolute atomic E-state index is 13.3. The third kappa shape index (κ3) is 3.13. The molecule has 0 spiro atoms. The van der Waals surface area contributed by atoms with Crippen LogP contribution in [0.1, 0.15) is 5.56 Å². The Bertz CT molecular complexity index is 1600. The van der Waals surface area contributed by atoms with Crippen molar-refractivity contribution in [2.45, 2.75) is 11.8 Å². The van der Waals surface area contributed by atoms with Gasteiger partial charge in [0.2, 0.25) is 0 Å². The summed E-state index contributed by atoms with van der Waals surface area (Å²) in [5.41, 5.74) is 3.32. The Morgan fingerprint density at radius 1 is 0.875 bits per heavy atom. The molecule has 0 radical (unpaired) electrons. The van der Waals surface area contributed by atoms with Crippen molar-refractivity contribution in [3.63, 3.8) is 0 Å². The minimum absolute atomic E-state index is 0.132. The highest BCUT2D eigenvalue weighted by Gasteiger charge is 2.22. The van der Waals surface area contributed by atoms with Crippen LogP contribution in [0.5, 0.6) is 11.5 Å². The van der Waals surface area contributed by atoms with E-state index in [2.05, 4.69) is 10.3 Å². The molecule has 7 heteroatoms. The van der Waals surface area contributed by atoms with Crippen molar-refractivity contribution in [3.05, 3.63) is 72.3 Å². The van der Waals surface area contributed by atoms with E-state index in [4.69, 9.17) is 8.92 Å². The van der Waals surface area contributed by atoms with Gasteiger partial charge < -0.3 is 19.2 Å². The van der Waals surface area contributed by atoms with Crippen LogP contribution in [0.15, 0.2) is 71.6 Å². The molecule has 1 heterocycles. The third-order valence-corrected chi connectivity index (χ3v) is 7.11. The Kier molecular flexibility index (Phi) is 4.71. The Morgan fingerprint density at radius 2 is 1.62 bits per heavy atom. The number of rotatable bonds is 5. The molecule has 0 unspecified atom stereocenters. The van der Waals surface area contributed by atoms with E-state index in [0.29, 0.717) is 5.39 Å². The van der Waals surface area contributed by atoms with Gasteiger partial charge in [0.15, 0.2) is 0 Å². The number of aromatic amines is 1. The van der Waals surface area contributed by atoms with Crippen LogP contribution in [0.4, 0.5) is 5.69 Å². The van der Waals surface area contributed by atoms with Gasteiger partial charge in [-0.25, -0.2) is 0 Å². The highest BCUT2D eigenvalue weighted by Crippen LogP contribution is 2.36. The van der Waals surface area contributed by atoms with Gasteiger partial charge in [0, 0.05) is 45.9 Å². The first-order valence-electron chi connectivity index (χ1n) is 10.2. The van der Waals surface area contributed by atoms with Crippen LogP contribution in [0.25, 0.3) is 32.6 Å². The number of anilines is 1. The monoisotopic (exact) mass is 446 g/mol. The first-order chi connectivity index (χ1) is 15.4. The first-order valence-corrected chi connectivity index (χ1v) is 11.6. The van der Waals surface area contributed by atoms with Crippen LogP contribution in [0.3, 0.4) is 0 Å².